The van der Waals surface area contributed by atoms with Crippen LogP contribution in [0, 0.1) is 0 Å². The molecule has 0 unspecified atom stereocenters. The fourth-order valence-corrected chi connectivity index (χ4v) is 2.37. The van der Waals surface area contributed by atoms with Gasteiger partial charge in [-0.05, 0) is 23.6 Å². The van der Waals surface area contributed by atoms with Gasteiger partial charge in [0, 0.05) is 11.1 Å². The van der Waals surface area contributed by atoms with Crippen LogP contribution >= 0.6 is 22.9 Å². The van der Waals surface area contributed by atoms with E-state index in [9.17, 15) is 4.79 Å². The lowest BCUT2D eigenvalue weighted by molar-refractivity contribution is 0.773. The van der Waals surface area contributed by atoms with Gasteiger partial charge in [-0.15, -0.1) is 11.3 Å². The van der Waals surface area contributed by atoms with Crippen molar-refractivity contribution >= 4 is 28.6 Å². The number of pyridine rings is 1. The van der Waals surface area contributed by atoms with Crippen LogP contribution in [-0.4, -0.2) is 4.57 Å². The second-order valence-electron chi connectivity index (χ2n) is 3.09. The molecule has 2 aromatic rings. The van der Waals surface area contributed by atoms with Crippen molar-refractivity contribution in [2.24, 2.45) is 0 Å². The van der Waals surface area contributed by atoms with Crippen LogP contribution in [-0.2, 0) is 6.54 Å². The van der Waals surface area contributed by atoms with E-state index in [0.29, 0.717) is 11.6 Å². The Hall–Kier alpha value is -1.26. The summed E-state index contributed by atoms with van der Waals surface area (Å²) in [5, 5.41) is 2.59. The van der Waals surface area contributed by atoms with Crippen LogP contribution in [0.2, 0.25) is 5.02 Å². The lowest BCUT2D eigenvalue weighted by Crippen LogP contribution is -2.22. The Labute approximate surface area is 95.7 Å². The second-order valence-corrected chi connectivity index (χ2v) is 4.50. The summed E-state index contributed by atoms with van der Waals surface area (Å²) in [6.45, 7) is 0.473. The number of hydrogen-bond donors (Lipinski definition) is 1. The van der Waals surface area contributed by atoms with Gasteiger partial charge >= 0.3 is 0 Å². The van der Waals surface area contributed by atoms with Gasteiger partial charge in [0.15, 0.2) is 0 Å². The number of nitrogens with two attached hydrogens (primary N) is 1. The monoisotopic (exact) mass is 240 g/mol. The molecule has 0 radical (unpaired) electrons. The zero-order chi connectivity index (χ0) is 10.8. The fraction of sp³-hybridized carbons (Fsp3) is 0.100. The smallest absolute Gasteiger partial charge is 0.273 e. The summed E-state index contributed by atoms with van der Waals surface area (Å²) in [5.74, 6) is 0. The van der Waals surface area contributed by atoms with Gasteiger partial charge < -0.3 is 10.3 Å². The first-order chi connectivity index (χ1) is 7.18. The van der Waals surface area contributed by atoms with Crippen molar-refractivity contribution in [2.75, 3.05) is 5.73 Å². The number of thiophene rings is 1. The van der Waals surface area contributed by atoms with Crippen molar-refractivity contribution in [3.63, 3.8) is 0 Å². The first kappa shape index (κ1) is 10.3. The van der Waals surface area contributed by atoms with Crippen molar-refractivity contribution in [3.8, 4) is 0 Å². The Bertz CT molecular complexity index is 532. The van der Waals surface area contributed by atoms with Crippen LogP contribution in [0.1, 0.15) is 4.88 Å². The topological polar surface area (TPSA) is 48.0 Å². The highest BCUT2D eigenvalue weighted by Crippen LogP contribution is 2.22. The summed E-state index contributed by atoms with van der Waals surface area (Å²) in [7, 11) is 0. The van der Waals surface area contributed by atoms with Crippen LogP contribution < -0.4 is 11.3 Å². The molecule has 2 N–H and O–H groups in total. The van der Waals surface area contributed by atoms with Crippen LogP contribution in [0.5, 0.6) is 0 Å². The Balaban J connectivity index is 2.37. The molecule has 0 atom stereocenters. The van der Waals surface area contributed by atoms with Gasteiger partial charge in [0.05, 0.1) is 17.3 Å². The van der Waals surface area contributed by atoms with E-state index in [-0.39, 0.29) is 11.2 Å². The minimum Gasteiger partial charge on any atom is -0.394 e. The van der Waals surface area contributed by atoms with Gasteiger partial charge in [0.25, 0.3) is 5.56 Å². The third-order valence-corrected chi connectivity index (χ3v) is 3.43. The average Bonchev–Trinajstić information content (AvgIpc) is 2.60. The standard InChI is InChI=1S/C10H9ClN2OS/c11-7-3-5-15-9(7)6-13-4-1-2-8(12)10(13)14/h1-5H,6,12H2. The highest BCUT2D eigenvalue weighted by Gasteiger charge is 2.04. The van der Waals surface area contributed by atoms with E-state index in [1.165, 1.54) is 11.3 Å². The van der Waals surface area contributed by atoms with Crippen LogP contribution in [0.3, 0.4) is 0 Å². The molecule has 0 aliphatic carbocycles. The molecule has 0 saturated carbocycles. The molecular formula is C10H9ClN2OS. The maximum Gasteiger partial charge on any atom is 0.273 e. The maximum atomic E-state index is 11.6. The molecule has 0 spiro atoms. The average molecular weight is 241 g/mol. The fourth-order valence-electron chi connectivity index (χ4n) is 1.27. The van der Waals surface area contributed by atoms with Crippen LogP contribution in [0.4, 0.5) is 5.69 Å². The molecule has 3 nitrogen and oxygen atoms in total. The lowest BCUT2D eigenvalue weighted by Gasteiger charge is -2.04. The molecule has 0 aliphatic rings. The molecular weight excluding hydrogens is 232 g/mol. The highest BCUT2D eigenvalue weighted by molar-refractivity contribution is 7.10. The number of nitrogen functional groups attached to an aromatic ring is 1. The summed E-state index contributed by atoms with van der Waals surface area (Å²) < 4.78 is 1.55. The lowest BCUT2D eigenvalue weighted by atomic mass is 10.4. The number of hydrogen-bond acceptors (Lipinski definition) is 3. The van der Waals surface area contributed by atoms with Gasteiger partial charge in [-0.25, -0.2) is 0 Å². The quantitative estimate of drug-likeness (QED) is 0.875. The first-order valence-corrected chi connectivity index (χ1v) is 5.61. The molecule has 5 heteroatoms. The molecule has 0 bridgehead atoms. The normalized spacial score (nSPS) is 10.5. The predicted octanol–water partition coefficient (Wildman–Crippen LogP) is 2.19. The second kappa shape index (κ2) is 4.08. The molecule has 0 aromatic carbocycles. The summed E-state index contributed by atoms with van der Waals surface area (Å²) in [5.41, 5.74) is 5.60. The Morgan fingerprint density at radius 3 is 2.93 bits per heavy atom. The number of aromatic nitrogens is 1. The summed E-state index contributed by atoms with van der Waals surface area (Å²) in [4.78, 5) is 12.6. The van der Waals surface area contributed by atoms with Crippen molar-refractivity contribution < 1.29 is 0 Å². The number of nitrogens with zero attached hydrogens (tertiary/aromatic N) is 1. The van der Waals surface area contributed by atoms with Gasteiger partial charge in [-0.2, -0.15) is 0 Å². The molecule has 0 saturated heterocycles. The SMILES string of the molecule is Nc1cccn(Cc2sccc2Cl)c1=O. The number of rotatable bonds is 2. The first-order valence-electron chi connectivity index (χ1n) is 4.35. The molecule has 0 aliphatic heterocycles. The molecule has 2 rings (SSSR count). The van der Waals surface area contributed by atoms with E-state index in [1.54, 1.807) is 22.9 Å². The zero-order valence-corrected chi connectivity index (χ0v) is 9.39. The molecule has 15 heavy (non-hydrogen) atoms. The van der Waals surface area contributed by atoms with Crippen molar-refractivity contribution in [1.29, 1.82) is 0 Å². The maximum absolute atomic E-state index is 11.6. The Morgan fingerprint density at radius 2 is 2.27 bits per heavy atom. The van der Waals surface area contributed by atoms with E-state index in [0.717, 1.165) is 4.88 Å². The molecule has 0 fully saturated rings. The van der Waals surface area contributed by atoms with Crippen molar-refractivity contribution in [2.45, 2.75) is 6.54 Å². The van der Waals surface area contributed by atoms with Crippen LogP contribution in [0.25, 0.3) is 0 Å². The predicted molar refractivity (Wildman–Crippen MR) is 63.5 cm³/mol. The third kappa shape index (κ3) is 2.06. The van der Waals surface area contributed by atoms with E-state index < -0.39 is 0 Å². The summed E-state index contributed by atoms with van der Waals surface area (Å²) in [6.07, 6.45) is 1.70. The number of anilines is 1. The van der Waals surface area contributed by atoms with Gasteiger partial charge in [-0.1, -0.05) is 11.6 Å². The Kier molecular flexibility index (Phi) is 2.79. The summed E-state index contributed by atoms with van der Waals surface area (Å²) in [6, 6.07) is 5.16. The Morgan fingerprint density at radius 1 is 1.47 bits per heavy atom. The van der Waals surface area contributed by atoms with E-state index in [4.69, 9.17) is 17.3 Å². The van der Waals surface area contributed by atoms with Gasteiger partial charge in [0.2, 0.25) is 0 Å². The molecule has 2 aromatic heterocycles. The number of halogens is 1. The minimum absolute atomic E-state index is 0.179. The largest absolute Gasteiger partial charge is 0.394 e. The molecule has 78 valence electrons. The minimum atomic E-state index is -0.179. The van der Waals surface area contributed by atoms with Gasteiger partial charge in [0.1, 0.15) is 0 Å². The zero-order valence-electron chi connectivity index (χ0n) is 7.81. The van der Waals surface area contributed by atoms with E-state index in [2.05, 4.69) is 0 Å². The van der Waals surface area contributed by atoms with E-state index in [1.807, 2.05) is 11.4 Å². The highest BCUT2D eigenvalue weighted by atomic mass is 35.5. The van der Waals surface area contributed by atoms with Crippen molar-refractivity contribution in [3.05, 3.63) is 50.0 Å². The molecule has 2 heterocycles. The third-order valence-electron chi connectivity index (χ3n) is 2.05. The molecule has 0 amide bonds. The summed E-state index contributed by atoms with van der Waals surface area (Å²) >= 11 is 7.47. The van der Waals surface area contributed by atoms with E-state index >= 15 is 0 Å². The van der Waals surface area contributed by atoms with Crippen LogP contribution in [0.15, 0.2) is 34.6 Å². The van der Waals surface area contributed by atoms with Crippen molar-refractivity contribution in [1.82, 2.24) is 4.57 Å². The van der Waals surface area contributed by atoms with Gasteiger partial charge in [-0.3, -0.25) is 4.79 Å².